The van der Waals surface area contributed by atoms with Gasteiger partial charge in [-0.25, -0.2) is 9.48 Å². The number of methoxy groups -OCH3 is 1. The highest BCUT2D eigenvalue weighted by Crippen LogP contribution is 2.39. The van der Waals surface area contributed by atoms with Crippen LogP contribution in [0.1, 0.15) is 29.7 Å². The molecule has 0 radical (unpaired) electrons. The van der Waals surface area contributed by atoms with Crippen molar-refractivity contribution in [1.82, 2.24) is 14.8 Å². The molecular weight excluding hydrogens is 420 g/mol. The number of ether oxygens (including phenoxy) is 3. The Bertz CT molecular complexity index is 1210. The number of anilines is 1. The monoisotopic (exact) mass is 446 g/mol. The molecule has 0 fully saturated rings. The van der Waals surface area contributed by atoms with Crippen molar-refractivity contribution < 1.29 is 19.0 Å². The molecule has 1 atom stereocenters. The maximum atomic E-state index is 12.9. The van der Waals surface area contributed by atoms with Crippen LogP contribution < -0.4 is 14.8 Å². The molecule has 33 heavy (non-hydrogen) atoms. The van der Waals surface area contributed by atoms with E-state index in [1.54, 1.807) is 11.8 Å². The fourth-order valence-corrected chi connectivity index (χ4v) is 3.78. The molecule has 0 saturated heterocycles. The van der Waals surface area contributed by atoms with Crippen LogP contribution in [0.15, 0.2) is 72.7 Å². The minimum atomic E-state index is -0.541. The summed E-state index contributed by atoms with van der Waals surface area (Å²) >= 11 is 0. The first kappa shape index (κ1) is 22.1. The summed E-state index contributed by atoms with van der Waals surface area (Å²) in [6.45, 7) is 8.00. The average Bonchev–Trinajstić information content (AvgIpc) is 3.29. The Labute approximate surface area is 192 Å². The van der Waals surface area contributed by atoms with Crippen molar-refractivity contribution in [3.8, 4) is 11.5 Å². The number of fused-ring (bicyclic) bond motifs is 1. The Hall–Kier alpha value is -4.07. The minimum Gasteiger partial charge on any atom is -0.493 e. The van der Waals surface area contributed by atoms with Gasteiger partial charge in [0.15, 0.2) is 11.5 Å². The summed E-state index contributed by atoms with van der Waals surface area (Å²) in [7, 11) is 1.59. The molecular formula is C25H26N4O4. The highest BCUT2D eigenvalue weighted by molar-refractivity contribution is 5.92. The summed E-state index contributed by atoms with van der Waals surface area (Å²) in [6, 6.07) is 13.1. The lowest BCUT2D eigenvalue weighted by Crippen LogP contribution is -2.29. The predicted molar refractivity (Wildman–Crippen MR) is 124 cm³/mol. The molecule has 0 spiro atoms. The fraction of sp³-hybridized carbons (Fsp3) is 0.240. The Morgan fingerprint density at radius 2 is 2.03 bits per heavy atom. The number of carbonyl (C=O) groups is 1. The number of allylic oxidation sites excluding steroid dienone is 1. The van der Waals surface area contributed by atoms with Crippen molar-refractivity contribution in [2.75, 3.05) is 19.0 Å². The van der Waals surface area contributed by atoms with Gasteiger partial charge in [-0.2, -0.15) is 10.1 Å². The smallest absolute Gasteiger partial charge is 0.338 e. The number of aryl methyl sites for hydroxylation is 1. The quantitative estimate of drug-likeness (QED) is 0.410. The van der Waals surface area contributed by atoms with Gasteiger partial charge in [0.1, 0.15) is 25.6 Å². The molecule has 1 N–H and O–H groups in total. The SMILES string of the molecule is C=CCOC(=O)C1=C(C)Nc2ncnn2C1c1ccc(OCc2ccccc2C)c(OC)c1. The number of hydrogen-bond donors (Lipinski definition) is 1. The first-order chi connectivity index (χ1) is 16.0. The van der Waals surface area contributed by atoms with E-state index in [0.717, 1.165) is 16.7 Å². The molecule has 8 heteroatoms. The number of carbonyl (C=O) groups excluding carboxylic acids is 1. The number of nitrogens with one attached hydrogen (secondary N) is 1. The summed E-state index contributed by atoms with van der Waals surface area (Å²) < 4.78 is 18.7. The Kier molecular flexibility index (Phi) is 6.44. The lowest BCUT2D eigenvalue weighted by molar-refractivity contribution is -0.138. The third-order valence-corrected chi connectivity index (χ3v) is 5.49. The summed E-state index contributed by atoms with van der Waals surface area (Å²) in [5.74, 6) is 1.24. The zero-order valence-corrected chi connectivity index (χ0v) is 18.9. The van der Waals surface area contributed by atoms with E-state index in [0.29, 0.717) is 35.3 Å². The van der Waals surface area contributed by atoms with E-state index in [2.05, 4.69) is 22.0 Å². The third kappa shape index (κ3) is 4.45. The van der Waals surface area contributed by atoms with Crippen molar-refractivity contribution >= 4 is 11.9 Å². The highest BCUT2D eigenvalue weighted by atomic mass is 16.5. The van der Waals surface area contributed by atoms with Gasteiger partial charge in [-0.1, -0.05) is 43.0 Å². The van der Waals surface area contributed by atoms with E-state index in [-0.39, 0.29) is 6.61 Å². The van der Waals surface area contributed by atoms with Crippen LogP contribution in [0.2, 0.25) is 0 Å². The number of rotatable bonds is 8. The zero-order chi connectivity index (χ0) is 23.4. The molecule has 8 nitrogen and oxygen atoms in total. The van der Waals surface area contributed by atoms with Gasteiger partial charge in [-0.15, -0.1) is 0 Å². The maximum absolute atomic E-state index is 12.9. The number of esters is 1. The normalized spacial score (nSPS) is 14.8. The minimum absolute atomic E-state index is 0.113. The Morgan fingerprint density at radius 3 is 2.79 bits per heavy atom. The average molecular weight is 447 g/mol. The van der Waals surface area contributed by atoms with Gasteiger partial charge in [0.05, 0.1) is 12.7 Å². The number of hydrogen-bond acceptors (Lipinski definition) is 7. The van der Waals surface area contributed by atoms with Crippen molar-refractivity contribution in [3.63, 3.8) is 0 Å². The molecule has 170 valence electrons. The Morgan fingerprint density at radius 1 is 1.21 bits per heavy atom. The van der Waals surface area contributed by atoms with Gasteiger partial charge >= 0.3 is 5.97 Å². The molecule has 0 aliphatic carbocycles. The molecule has 2 heterocycles. The zero-order valence-electron chi connectivity index (χ0n) is 18.9. The van der Waals surface area contributed by atoms with Crippen molar-refractivity contribution in [2.45, 2.75) is 26.5 Å². The molecule has 4 rings (SSSR count). The van der Waals surface area contributed by atoms with Crippen molar-refractivity contribution in [1.29, 1.82) is 0 Å². The first-order valence-electron chi connectivity index (χ1n) is 10.5. The van der Waals surface area contributed by atoms with Crippen LogP contribution in [0.5, 0.6) is 11.5 Å². The predicted octanol–water partition coefficient (Wildman–Crippen LogP) is 4.19. The Balaban J connectivity index is 1.68. The molecule has 1 aliphatic heterocycles. The fourth-order valence-electron chi connectivity index (χ4n) is 3.78. The largest absolute Gasteiger partial charge is 0.493 e. The van der Waals surface area contributed by atoms with Crippen molar-refractivity contribution in [3.05, 3.63) is 89.4 Å². The highest BCUT2D eigenvalue weighted by Gasteiger charge is 2.34. The van der Waals surface area contributed by atoms with Crippen LogP contribution in [0.3, 0.4) is 0 Å². The van der Waals surface area contributed by atoms with E-state index < -0.39 is 12.0 Å². The van der Waals surface area contributed by atoms with Crippen molar-refractivity contribution in [2.24, 2.45) is 0 Å². The van der Waals surface area contributed by atoms with Crippen LogP contribution in [0, 0.1) is 6.92 Å². The lowest BCUT2D eigenvalue weighted by Gasteiger charge is -2.28. The summed E-state index contributed by atoms with van der Waals surface area (Å²) in [5, 5.41) is 7.45. The first-order valence-corrected chi connectivity index (χ1v) is 10.5. The van der Waals surface area contributed by atoms with Gasteiger partial charge in [-0.05, 0) is 42.7 Å². The van der Waals surface area contributed by atoms with E-state index in [1.807, 2.05) is 56.3 Å². The van der Waals surface area contributed by atoms with Crippen LogP contribution in [-0.2, 0) is 16.1 Å². The van der Waals surface area contributed by atoms with E-state index in [4.69, 9.17) is 14.2 Å². The van der Waals surface area contributed by atoms with Crippen LogP contribution in [-0.4, -0.2) is 34.5 Å². The third-order valence-electron chi connectivity index (χ3n) is 5.49. The topological polar surface area (TPSA) is 87.5 Å². The van der Waals surface area contributed by atoms with Gasteiger partial charge < -0.3 is 19.5 Å². The number of benzene rings is 2. The molecule has 0 amide bonds. The number of nitrogens with zero attached hydrogens (tertiary/aromatic N) is 3. The molecule has 0 saturated carbocycles. The van der Waals surface area contributed by atoms with Gasteiger partial charge in [0.25, 0.3) is 0 Å². The van der Waals surface area contributed by atoms with E-state index in [9.17, 15) is 4.79 Å². The van der Waals surface area contributed by atoms with Crippen LogP contribution in [0.25, 0.3) is 0 Å². The summed E-state index contributed by atoms with van der Waals surface area (Å²) in [6.07, 6.45) is 2.97. The van der Waals surface area contributed by atoms with Crippen LogP contribution >= 0.6 is 0 Å². The number of aromatic nitrogens is 3. The van der Waals surface area contributed by atoms with E-state index in [1.165, 1.54) is 12.4 Å². The van der Waals surface area contributed by atoms with Crippen LogP contribution in [0.4, 0.5) is 5.95 Å². The van der Waals surface area contributed by atoms with Gasteiger partial charge in [-0.3, -0.25) is 0 Å². The molecule has 2 aromatic carbocycles. The lowest BCUT2D eigenvalue weighted by atomic mass is 9.95. The molecule has 3 aromatic rings. The molecule has 1 unspecified atom stereocenters. The van der Waals surface area contributed by atoms with Gasteiger partial charge in [0, 0.05) is 5.70 Å². The molecule has 1 aliphatic rings. The molecule has 1 aromatic heterocycles. The summed E-state index contributed by atoms with van der Waals surface area (Å²) in [4.78, 5) is 17.2. The van der Waals surface area contributed by atoms with Gasteiger partial charge in [0.2, 0.25) is 5.95 Å². The second-order valence-corrected chi connectivity index (χ2v) is 7.61. The summed E-state index contributed by atoms with van der Waals surface area (Å²) in [5.41, 5.74) is 4.12. The standard InChI is InChI=1S/C25H26N4O4/c1-5-12-32-24(30)22-17(3)28-25-26-15-27-29(25)23(22)18-10-11-20(21(13-18)31-4)33-14-19-9-7-6-8-16(19)2/h5-11,13,15,23H,1,12,14H2,2-4H3,(H,26,27,28). The second kappa shape index (κ2) is 9.60. The van der Waals surface area contributed by atoms with E-state index >= 15 is 0 Å². The second-order valence-electron chi connectivity index (χ2n) is 7.61. The molecule has 0 bridgehead atoms. The maximum Gasteiger partial charge on any atom is 0.338 e.